The van der Waals surface area contributed by atoms with Gasteiger partial charge in [0.15, 0.2) is 0 Å². The van der Waals surface area contributed by atoms with Crippen molar-refractivity contribution in [1.82, 2.24) is 29.5 Å². The molecule has 3 saturated heterocycles. The predicted molar refractivity (Wildman–Crippen MR) is 131 cm³/mol. The maximum atomic E-state index is 13.2. The standard InChI is InChI=1S/C26H38N6O3/c1-19(2)23-27-28-24(35-23)21-16-26(18-32(21)17-22(33)30-12-5-4-6-13-30)9-14-31(15-10-26)25(34)20-8-7-11-29(20)3/h7-8,11,19,21H,4-6,9-10,12-18H2,1-3H3. The molecule has 1 unspecified atom stereocenters. The molecule has 3 aliphatic rings. The molecule has 5 heterocycles. The normalized spacial score (nSPS) is 22.9. The second-order valence-electron chi connectivity index (χ2n) is 11.0. The molecule has 0 bridgehead atoms. The number of rotatable bonds is 5. The zero-order valence-electron chi connectivity index (χ0n) is 21.3. The van der Waals surface area contributed by atoms with Crippen LogP contribution in [0.1, 0.15) is 86.6 Å². The van der Waals surface area contributed by atoms with Crippen molar-refractivity contribution in [2.24, 2.45) is 12.5 Å². The average Bonchev–Trinajstić information content (AvgIpc) is 3.59. The van der Waals surface area contributed by atoms with Crippen LogP contribution in [0, 0.1) is 5.41 Å². The number of piperidine rings is 2. The van der Waals surface area contributed by atoms with Gasteiger partial charge in [0.2, 0.25) is 17.7 Å². The van der Waals surface area contributed by atoms with Crippen LogP contribution in [0.4, 0.5) is 0 Å². The van der Waals surface area contributed by atoms with E-state index in [4.69, 9.17) is 4.42 Å². The molecule has 0 saturated carbocycles. The van der Waals surface area contributed by atoms with E-state index in [1.165, 1.54) is 6.42 Å². The van der Waals surface area contributed by atoms with Crippen molar-refractivity contribution in [2.75, 3.05) is 39.3 Å². The minimum Gasteiger partial charge on any atom is -0.423 e. The van der Waals surface area contributed by atoms with Crippen LogP contribution in [-0.2, 0) is 11.8 Å². The van der Waals surface area contributed by atoms with Gasteiger partial charge in [-0.3, -0.25) is 14.5 Å². The van der Waals surface area contributed by atoms with Gasteiger partial charge in [0.1, 0.15) is 5.69 Å². The van der Waals surface area contributed by atoms with Crippen LogP contribution in [0.3, 0.4) is 0 Å². The summed E-state index contributed by atoms with van der Waals surface area (Å²) >= 11 is 0. The molecule has 3 aliphatic heterocycles. The quantitative estimate of drug-likeness (QED) is 0.650. The third-order valence-corrected chi connectivity index (χ3v) is 8.16. The minimum atomic E-state index is -0.0566. The Morgan fingerprint density at radius 2 is 1.83 bits per heavy atom. The first kappa shape index (κ1) is 24.0. The summed E-state index contributed by atoms with van der Waals surface area (Å²) in [5.41, 5.74) is 0.774. The first-order valence-corrected chi connectivity index (χ1v) is 13.1. The van der Waals surface area contributed by atoms with Crippen molar-refractivity contribution in [1.29, 1.82) is 0 Å². The third-order valence-electron chi connectivity index (χ3n) is 8.16. The lowest BCUT2D eigenvalue weighted by Crippen LogP contribution is -2.46. The van der Waals surface area contributed by atoms with Crippen molar-refractivity contribution >= 4 is 11.8 Å². The Labute approximate surface area is 207 Å². The molecule has 2 aromatic heterocycles. The van der Waals surface area contributed by atoms with Gasteiger partial charge in [-0.15, -0.1) is 10.2 Å². The Hall–Kier alpha value is -2.68. The van der Waals surface area contributed by atoms with Crippen molar-refractivity contribution in [3.8, 4) is 0 Å². The second-order valence-corrected chi connectivity index (χ2v) is 11.0. The number of hydrogen-bond donors (Lipinski definition) is 0. The van der Waals surface area contributed by atoms with Gasteiger partial charge in [0.25, 0.3) is 5.91 Å². The van der Waals surface area contributed by atoms with E-state index in [0.29, 0.717) is 18.3 Å². The Morgan fingerprint density at radius 3 is 2.46 bits per heavy atom. The van der Waals surface area contributed by atoms with E-state index < -0.39 is 0 Å². The topological polar surface area (TPSA) is 87.7 Å². The summed E-state index contributed by atoms with van der Waals surface area (Å²) < 4.78 is 7.97. The summed E-state index contributed by atoms with van der Waals surface area (Å²) in [7, 11) is 1.91. The smallest absolute Gasteiger partial charge is 0.270 e. The summed E-state index contributed by atoms with van der Waals surface area (Å²) in [6.07, 6.45) is 8.01. The van der Waals surface area contributed by atoms with E-state index in [1.54, 1.807) is 0 Å². The fraction of sp³-hybridized carbons (Fsp3) is 0.692. The molecule has 9 heteroatoms. The van der Waals surface area contributed by atoms with Crippen molar-refractivity contribution < 1.29 is 14.0 Å². The van der Waals surface area contributed by atoms with Crippen LogP contribution in [0.25, 0.3) is 0 Å². The fourth-order valence-electron chi connectivity index (χ4n) is 5.98. The lowest BCUT2D eigenvalue weighted by Gasteiger charge is -2.39. The molecule has 1 atom stereocenters. The molecule has 3 fully saturated rings. The maximum absolute atomic E-state index is 13.2. The number of carbonyl (C=O) groups excluding carboxylic acids is 2. The van der Waals surface area contributed by atoms with Gasteiger partial charge < -0.3 is 18.8 Å². The van der Waals surface area contributed by atoms with E-state index in [2.05, 4.69) is 15.1 Å². The summed E-state index contributed by atoms with van der Waals surface area (Å²) in [4.78, 5) is 32.5. The molecule has 0 N–H and O–H groups in total. The highest BCUT2D eigenvalue weighted by Crippen LogP contribution is 2.49. The average molecular weight is 483 g/mol. The molecule has 35 heavy (non-hydrogen) atoms. The third kappa shape index (κ3) is 4.87. The lowest BCUT2D eigenvalue weighted by molar-refractivity contribution is -0.133. The van der Waals surface area contributed by atoms with Crippen molar-refractivity contribution in [3.63, 3.8) is 0 Å². The fourth-order valence-corrected chi connectivity index (χ4v) is 5.98. The van der Waals surface area contributed by atoms with E-state index >= 15 is 0 Å². The zero-order chi connectivity index (χ0) is 24.6. The highest BCUT2D eigenvalue weighted by molar-refractivity contribution is 5.92. The molecule has 2 amide bonds. The summed E-state index contributed by atoms with van der Waals surface area (Å²) in [5.74, 6) is 1.73. The number of carbonyl (C=O) groups is 2. The number of aromatic nitrogens is 3. The van der Waals surface area contributed by atoms with Crippen molar-refractivity contribution in [2.45, 2.75) is 64.3 Å². The van der Waals surface area contributed by atoms with E-state index in [1.807, 2.05) is 53.6 Å². The van der Waals surface area contributed by atoms with Crippen LogP contribution in [-0.4, -0.2) is 80.5 Å². The van der Waals surface area contributed by atoms with E-state index in [-0.39, 0.29) is 29.2 Å². The molecular formula is C26H38N6O3. The predicted octanol–water partition coefficient (Wildman–Crippen LogP) is 3.21. The summed E-state index contributed by atoms with van der Waals surface area (Å²) in [6.45, 7) is 8.47. The number of amides is 2. The number of hydrogen-bond acceptors (Lipinski definition) is 6. The number of nitrogens with zero attached hydrogens (tertiary/aromatic N) is 6. The minimum absolute atomic E-state index is 0.0459. The lowest BCUT2D eigenvalue weighted by atomic mass is 9.76. The van der Waals surface area contributed by atoms with Gasteiger partial charge in [-0.25, -0.2) is 0 Å². The molecule has 2 aromatic rings. The molecule has 9 nitrogen and oxygen atoms in total. The van der Waals surface area contributed by atoms with Crippen LogP contribution in [0.2, 0.25) is 0 Å². The second kappa shape index (κ2) is 9.76. The molecule has 1 spiro atoms. The number of aryl methyl sites for hydroxylation is 1. The molecule has 0 aromatic carbocycles. The molecule has 190 valence electrons. The van der Waals surface area contributed by atoms with Crippen LogP contribution in [0.5, 0.6) is 0 Å². The van der Waals surface area contributed by atoms with Gasteiger partial charge >= 0.3 is 0 Å². The Morgan fingerprint density at radius 1 is 1.09 bits per heavy atom. The van der Waals surface area contributed by atoms with Crippen molar-refractivity contribution in [3.05, 3.63) is 35.8 Å². The Balaban J connectivity index is 1.31. The monoisotopic (exact) mass is 482 g/mol. The SMILES string of the molecule is CC(C)c1nnc(C2CC3(CCN(C(=O)c4cccn4C)CC3)CN2CC(=O)N2CCCCC2)o1. The van der Waals surface area contributed by atoms with Crippen LogP contribution in [0.15, 0.2) is 22.7 Å². The molecule has 5 rings (SSSR count). The molecule has 0 aliphatic carbocycles. The van der Waals surface area contributed by atoms with E-state index in [9.17, 15) is 9.59 Å². The first-order chi connectivity index (χ1) is 16.8. The molecular weight excluding hydrogens is 444 g/mol. The van der Waals surface area contributed by atoms with E-state index in [0.717, 1.165) is 70.5 Å². The zero-order valence-corrected chi connectivity index (χ0v) is 21.3. The number of likely N-dealkylation sites (tertiary alicyclic amines) is 3. The highest BCUT2D eigenvalue weighted by Gasteiger charge is 2.49. The largest absolute Gasteiger partial charge is 0.423 e. The van der Waals surface area contributed by atoms with Crippen LogP contribution < -0.4 is 0 Å². The maximum Gasteiger partial charge on any atom is 0.270 e. The summed E-state index contributed by atoms with van der Waals surface area (Å²) in [6, 6.07) is 3.74. The summed E-state index contributed by atoms with van der Waals surface area (Å²) in [5, 5.41) is 8.68. The van der Waals surface area contributed by atoms with Crippen LogP contribution >= 0.6 is 0 Å². The Bertz CT molecular complexity index is 1050. The van der Waals surface area contributed by atoms with Gasteiger partial charge in [-0.1, -0.05) is 13.8 Å². The Kier molecular flexibility index (Phi) is 6.70. The first-order valence-electron chi connectivity index (χ1n) is 13.1. The van der Waals surface area contributed by atoms with Gasteiger partial charge in [0, 0.05) is 51.9 Å². The highest BCUT2D eigenvalue weighted by atomic mass is 16.4. The van der Waals surface area contributed by atoms with Gasteiger partial charge in [-0.05, 0) is 56.1 Å². The van der Waals surface area contributed by atoms with Gasteiger partial charge in [-0.2, -0.15) is 0 Å². The molecule has 0 radical (unpaired) electrons. The van der Waals surface area contributed by atoms with Gasteiger partial charge in [0.05, 0.1) is 12.6 Å².